The fraction of sp³-hybridized carbons (Fsp3) is 0.0833. The van der Waals surface area contributed by atoms with Crippen LogP contribution in [-0.2, 0) is 4.79 Å². The molecule has 144 valence electrons. The van der Waals surface area contributed by atoms with Crippen molar-refractivity contribution in [1.29, 1.82) is 0 Å². The summed E-state index contributed by atoms with van der Waals surface area (Å²) in [5.41, 5.74) is 3.32. The standard InChI is InChI=1S/C24H18ClNO3/c1-15-6-7-18(14-21(15)25)22-13-12-20(29-22)11-10-19-9-8-17-4-3-5-23(24(17)26-19)28-16(2)27/h3-14H,1-2H3. The highest BCUT2D eigenvalue weighted by molar-refractivity contribution is 6.31. The minimum absolute atomic E-state index is 0.375. The van der Waals surface area contributed by atoms with Crippen molar-refractivity contribution < 1.29 is 13.9 Å². The van der Waals surface area contributed by atoms with Crippen LogP contribution in [0.5, 0.6) is 5.75 Å². The number of carbonyl (C=O) groups excluding carboxylic acids is 1. The lowest BCUT2D eigenvalue weighted by Crippen LogP contribution is -2.02. The van der Waals surface area contributed by atoms with Gasteiger partial charge in [0.05, 0.1) is 5.69 Å². The van der Waals surface area contributed by atoms with Gasteiger partial charge >= 0.3 is 5.97 Å². The number of rotatable bonds is 4. The van der Waals surface area contributed by atoms with Crippen LogP contribution in [0.2, 0.25) is 5.02 Å². The molecule has 4 nitrogen and oxygen atoms in total. The highest BCUT2D eigenvalue weighted by Gasteiger charge is 2.07. The molecule has 0 bridgehead atoms. The van der Waals surface area contributed by atoms with E-state index in [0.29, 0.717) is 22.0 Å². The Bertz CT molecular complexity index is 1240. The largest absolute Gasteiger partial charge is 0.457 e. The molecule has 0 aliphatic rings. The molecule has 0 amide bonds. The lowest BCUT2D eigenvalue weighted by molar-refractivity contribution is -0.131. The van der Waals surface area contributed by atoms with Crippen LogP contribution in [0.4, 0.5) is 0 Å². The van der Waals surface area contributed by atoms with Gasteiger partial charge < -0.3 is 9.15 Å². The van der Waals surface area contributed by atoms with Gasteiger partial charge in [-0.05, 0) is 55.0 Å². The van der Waals surface area contributed by atoms with Gasteiger partial charge in [0.15, 0.2) is 5.75 Å². The van der Waals surface area contributed by atoms with E-state index < -0.39 is 0 Å². The summed E-state index contributed by atoms with van der Waals surface area (Å²) in [4.78, 5) is 15.9. The summed E-state index contributed by atoms with van der Waals surface area (Å²) in [5, 5.41) is 1.61. The number of furan rings is 1. The van der Waals surface area contributed by atoms with E-state index >= 15 is 0 Å². The molecule has 2 heterocycles. The predicted octanol–water partition coefficient (Wildman–Crippen LogP) is 6.55. The first kappa shape index (κ1) is 19.0. The highest BCUT2D eigenvalue weighted by atomic mass is 35.5. The maximum atomic E-state index is 11.3. The normalized spacial score (nSPS) is 11.3. The van der Waals surface area contributed by atoms with Crippen molar-refractivity contribution in [2.24, 2.45) is 0 Å². The topological polar surface area (TPSA) is 52.3 Å². The van der Waals surface area contributed by atoms with Gasteiger partial charge in [0.2, 0.25) is 0 Å². The zero-order valence-corrected chi connectivity index (χ0v) is 16.7. The monoisotopic (exact) mass is 403 g/mol. The molecule has 0 aliphatic carbocycles. The van der Waals surface area contributed by atoms with Crippen molar-refractivity contribution in [2.75, 3.05) is 0 Å². The van der Waals surface area contributed by atoms with Crippen LogP contribution in [0, 0.1) is 6.92 Å². The second-order valence-corrected chi connectivity index (χ2v) is 7.06. The number of nitrogens with zero attached hydrogens (tertiary/aromatic N) is 1. The first-order valence-corrected chi connectivity index (χ1v) is 9.50. The zero-order valence-electron chi connectivity index (χ0n) is 16.0. The third kappa shape index (κ3) is 4.23. The molecule has 2 aromatic heterocycles. The van der Waals surface area contributed by atoms with Crippen LogP contribution in [0.15, 0.2) is 65.1 Å². The number of hydrogen-bond acceptors (Lipinski definition) is 4. The van der Waals surface area contributed by atoms with Gasteiger partial charge in [-0.1, -0.05) is 41.9 Å². The Morgan fingerprint density at radius 3 is 2.72 bits per heavy atom. The van der Waals surface area contributed by atoms with Crippen molar-refractivity contribution in [1.82, 2.24) is 4.98 Å². The van der Waals surface area contributed by atoms with E-state index in [1.807, 2.05) is 73.7 Å². The minimum Gasteiger partial charge on any atom is -0.457 e. The maximum absolute atomic E-state index is 11.3. The molecule has 0 unspecified atom stereocenters. The molecule has 0 radical (unpaired) electrons. The van der Waals surface area contributed by atoms with E-state index in [2.05, 4.69) is 4.98 Å². The molecule has 0 fully saturated rings. The van der Waals surface area contributed by atoms with Gasteiger partial charge in [-0.15, -0.1) is 0 Å². The molecule has 0 spiro atoms. The smallest absolute Gasteiger partial charge is 0.308 e. The number of carbonyl (C=O) groups is 1. The van der Waals surface area contributed by atoms with Gasteiger partial charge in [-0.2, -0.15) is 0 Å². The molecule has 5 heteroatoms. The molecular formula is C24H18ClNO3. The Morgan fingerprint density at radius 1 is 1.07 bits per heavy atom. The quantitative estimate of drug-likeness (QED) is 0.286. The maximum Gasteiger partial charge on any atom is 0.308 e. The predicted molar refractivity (Wildman–Crippen MR) is 116 cm³/mol. The summed E-state index contributed by atoms with van der Waals surface area (Å²) in [6.45, 7) is 3.34. The number of halogens is 1. The fourth-order valence-electron chi connectivity index (χ4n) is 2.98. The molecule has 0 N–H and O–H groups in total. The lowest BCUT2D eigenvalue weighted by atomic mass is 10.1. The third-order valence-corrected chi connectivity index (χ3v) is 4.87. The highest BCUT2D eigenvalue weighted by Crippen LogP contribution is 2.28. The van der Waals surface area contributed by atoms with Crippen molar-refractivity contribution >= 4 is 40.6 Å². The molecule has 4 rings (SSSR count). The van der Waals surface area contributed by atoms with Gasteiger partial charge in [-0.3, -0.25) is 4.79 Å². The Morgan fingerprint density at radius 2 is 1.93 bits per heavy atom. The summed E-state index contributed by atoms with van der Waals surface area (Å²) in [5.74, 6) is 1.52. The first-order valence-electron chi connectivity index (χ1n) is 9.12. The number of esters is 1. The molecule has 0 atom stereocenters. The number of hydrogen-bond donors (Lipinski definition) is 0. The molecule has 0 saturated carbocycles. The third-order valence-electron chi connectivity index (χ3n) is 4.46. The fourth-order valence-corrected chi connectivity index (χ4v) is 3.16. The van der Waals surface area contributed by atoms with Crippen LogP contribution in [0.1, 0.15) is 23.9 Å². The average molecular weight is 404 g/mol. The number of fused-ring (bicyclic) bond motifs is 1. The van der Waals surface area contributed by atoms with E-state index in [4.69, 9.17) is 20.8 Å². The van der Waals surface area contributed by atoms with E-state index in [1.54, 1.807) is 6.07 Å². The molecular weight excluding hydrogens is 386 g/mol. The molecule has 2 aromatic carbocycles. The molecule has 29 heavy (non-hydrogen) atoms. The summed E-state index contributed by atoms with van der Waals surface area (Å²) < 4.78 is 11.2. The van der Waals surface area contributed by atoms with E-state index in [0.717, 1.165) is 28.0 Å². The van der Waals surface area contributed by atoms with Gasteiger partial charge in [0.25, 0.3) is 0 Å². The second kappa shape index (κ2) is 7.94. The van der Waals surface area contributed by atoms with Crippen molar-refractivity contribution in [3.63, 3.8) is 0 Å². The molecule has 4 aromatic rings. The van der Waals surface area contributed by atoms with Crippen LogP contribution in [-0.4, -0.2) is 11.0 Å². The Labute approximate surface area is 173 Å². The number of pyridine rings is 1. The van der Waals surface area contributed by atoms with E-state index in [-0.39, 0.29) is 5.97 Å². The van der Waals surface area contributed by atoms with Gasteiger partial charge in [-0.25, -0.2) is 4.98 Å². The first-order chi connectivity index (χ1) is 14.0. The van der Waals surface area contributed by atoms with Gasteiger partial charge in [0, 0.05) is 22.9 Å². The SMILES string of the molecule is CC(=O)Oc1cccc2ccc(C=Cc3ccc(-c4ccc(C)c(Cl)c4)o3)nc12. The van der Waals surface area contributed by atoms with Crippen molar-refractivity contribution in [3.05, 3.63) is 82.7 Å². The number of ether oxygens (including phenoxy) is 1. The number of aromatic nitrogens is 1. The van der Waals surface area contributed by atoms with Crippen LogP contribution in [0.3, 0.4) is 0 Å². The molecule has 0 saturated heterocycles. The summed E-state index contributed by atoms with van der Waals surface area (Å²) >= 11 is 6.21. The lowest BCUT2D eigenvalue weighted by Gasteiger charge is -2.05. The number of benzene rings is 2. The van der Waals surface area contributed by atoms with E-state index in [1.165, 1.54) is 6.92 Å². The second-order valence-electron chi connectivity index (χ2n) is 6.66. The van der Waals surface area contributed by atoms with Crippen LogP contribution < -0.4 is 4.74 Å². The summed E-state index contributed by atoms with van der Waals surface area (Å²) in [7, 11) is 0. The van der Waals surface area contributed by atoms with Crippen molar-refractivity contribution in [2.45, 2.75) is 13.8 Å². The minimum atomic E-state index is -0.375. The van der Waals surface area contributed by atoms with Crippen LogP contribution in [0.25, 0.3) is 34.4 Å². The number of aryl methyl sites for hydroxylation is 1. The number of para-hydroxylation sites is 1. The zero-order chi connectivity index (χ0) is 20.4. The Hall–Kier alpha value is -3.37. The Kier molecular flexibility index (Phi) is 5.19. The van der Waals surface area contributed by atoms with Crippen LogP contribution >= 0.6 is 11.6 Å². The average Bonchev–Trinajstić information content (AvgIpc) is 3.17. The Balaban J connectivity index is 1.61. The van der Waals surface area contributed by atoms with E-state index in [9.17, 15) is 4.79 Å². The molecule has 0 aliphatic heterocycles. The summed E-state index contributed by atoms with van der Waals surface area (Å²) in [6.07, 6.45) is 3.70. The van der Waals surface area contributed by atoms with Crippen molar-refractivity contribution in [3.8, 4) is 17.1 Å². The van der Waals surface area contributed by atoms with Gasteiger partial charge in [0.1, 0.15) is 17.0 Å². The summed E-state index contributed by atoms with van der Waals surface area (Å²) in [6, 6.07) is 19.0.